The van der Waals surface area contributed by atoms with Gasteiger partial charge >= 0.3 is 0 Å². The molecule has 1 saturated heterocycles. The van der Waals surface area contributed by atoms with Crippen molar-refractivity contribution >= 4 is 51.5 Å². The molecule has 2 N–H and O–H groups in total. The molecule has 1 aromatic carbocycles. The summed E-state index contributed by atoms with van der Waals surface area (Å²) in [5, 5.41) is 5.63. The first-order valence-corrected chi connectivity index (χ1v) is 10.6. The number of rotatable bonds is 5. The highest BCUT2D eigenvalue weighted by Crippen LogP contribution is 2.18. The maximum atomic E-state index is 12.2. The number of thioether (sulfide) groups is 1. The molecular weight excluding hydrogens is 392 g/mol. The molecule has 1 fully saturated rings. The third-order valence-corrected chi connectivity index (χ3v) is 5.77. The van der Waals surface area contributed by atoms with Gasteiger partial charge in [-0.05, 0) is 49.6 Å². The van der Waals surface area contributed by atoms with Crippen LogP contribution >= 0.6 is 24.0 Å². The molecule has 0 atom stereocenters. The minimum absolute atomic E-state index is 0.127. The molecule has 2 heterocycles. The Bertz CT molecular complexity index is 839. The van der Waals surface area contributed by atoms with Crippen LogP contribution < -0.4 is 10.6 Å². The highest BCUT2D eigenvalue weighted by Gasteiger charge is 2.15. The van der Waals surface area contributed by atoms with Crippen molar-refractivity contribution in [1.82, 2.24) is 9.88 Å². The predicted octanol–water partition coefficient (Wildman–Crippen LogP) is 3.78. The van der Waals surface area contributed by atoms with E-state index in [4.69, 9.17) is 12.2 Å². The normalized spacial score (nSPS) is 13.6. The zero-order chi connectivity index (χ0) is 19.8. The Balaban J connectivity index is 1.50. The average molecular weight is 415 g/mol. The second kappa shape index (κ2) is 10.2. The van der Waals surface area contributed by atoms with Crippen LogP contribution in [0.1, 0.15) is 29.8 Å². The van der Waals surface area contributed by atoms with Gasteiger partial charge in [-0.2, -0.15) is 0 Å². The minimum atomic E-state index is -0.300. The molecule has 2 aromatic rings. The average Bonchev–Trinajstić information content (AvgIpc) is 2.73. The lowest BCUT2D eigenvalue weighted by atomic mass is 10.1. The van der Waals surface area contributed by atoms with Gasteiger partial charge in [-0.25, -0.2) is 0 Å². The molecule has 1 aliphatic rings. The van der Waals surface area contributed by atoms with Gasteiger partial charge in [0, 0.05) is 30.7 Å². The standard InChI is InChI=1S/C20H22N4O2S2/c25-18(14-28-20(27)24-11-4-1-5-12-24)22-15-7-6-8-16(13-15)23-19(26)17-9-2-3-10-21-17/h2-3,6-10,13H,1,4-5,11-12,14H2,(H,22,25)(H,23,26). The van der Waals surface area contributed by atoms with Crippen molar-refractivity contribution in [3.8, 4) is 0 Å². The van der Waals surface area contributed by atoms with Gasteiger partial charge in [0.1, 0.15) is 10.0 Å². The van der Waals surface area contributed by atoms with Crippen LogP contribution in [0.4, 0.5) is 11.4 Å². The first-order valence-electron chi connectivity index (χ1n) is 9.16. The Kier molecular flexibility index (Phi) is 7.39. The fourth-order valence-corrected chi connectivity index (χ4v) is 3.91. The Labute approximate surface area is 174 Å². The largest absolute Gasteiger partial charge is 0.358 e. The maximum Gasteiger partial charge on any atom is 0.274 e. The van der Waals surface area contributed by atoms with Crippen LogP contribution in [-0.4, -0.2) is 44.9 Å². The summed E-state index contributed by atoms with van der Waals surface area (Å²) in [6.07, 6.45) is 5.13. The number of likely N-dealkylation sites (tertiary alicyclic amines) is 1. The predicted molar refractivity (Wildman–Crippen MR) is 118 cm³/mol. The Morgan fingerprint density at radius 2 is 1.79 bits per heavy atom. The third-order valence-electron chi connectivity index (χ3n) is 4.24. The molecule has 0 aliphatic carbocycles. The quantitative estimate of drug-likeness (QED) is 0.726. The minimum Gasteiger partial charge on any atom is -0.358 e. The molecule has 6 nitrogen and oxygen atoms in total. The van der Waals surface area contributed by atoms with E-state index in [2.05, 4.69) is 20.5 Å². The van der Waals surface area contributed by atoms with Crippen LogP contribution in [-0.2, 0) is 4.79 Å². The van der Waals surface area contributed by atoms with E-state index in [-0.39, 0.29) is 17.6 Å². The number of nitrogens with zero attached hydrogens (tertiary/aromatic N) is 2. The number of thiocarbonyl (C=S) groups is 1. The second-order valence-corrected chi connectivity index (χ2v) is 8.01. The van der Waals surface area contributed by atoms with Gasteiger partial charge in [0.05, 0.1) is 5.75 Å². The van der Waals surface area contributed by atoms with E-state index in [0.29, 0.717) is 17.1 Å². The molecule has 0 spiro atoms. The first kappa shape index (κ1) is 20.3. The fraction of sp³-hybridized carbons (Fsp3) is 0.300. The molecular formula is C20H22N4O2S2. The van der Waals surface area contributed by atoms with Crippen molar-refractivity contribution in [2.24, 2.45) is 0 Å². The summed E-state index contributed by atoms with van der Waals surface area (Å²) in [7, 11) is 0. The van der Waals surface area contributed by atoms with Gasteiger partial charge in [-0.15, -0.1) is 0 Å². The van der Waals surface area contributed by atoms with E-state index in [1.807, 2.05) is 0 Å². The number of nitrogens with one attached hydrogen (secondary N) is 2. The molecule has 0 saturated carbocycles. The highest BCUT2D eigenvalue weighted by atomic mass is 32.2. The van der Waals surface area contributed by atoms with Gasteiger partial charge in [-0.3, -0.25) is 14.6 Å². The van der Waals surface area contributed by atoms with Crippen LogP contribution in [0.3, 0.4) is 0 Å². The van der Waals surface area contributed by atoms with Crippen LogP contribution in [0, 0.1) is 0 Å². The molecule has 2 amide bonds. The van der Waals surface area contributed by atoms with E-state index < -0.39 is 0 Å². The van der Waals surface area contributed by atoms with Crippen molar-refractivity contribution in [3.63, 3.8) is 0 Å². The van der Waals surface area contributed by atoms with Gasteiger partial charge in [-0.1, -0.05) is 36.1 Å². The second-order valence-electron chi connectivity index (χ2n) is 6.40. The van der Waals surface area contributed by atoms with E-state index >= 15 is 0 Å². The lowest BCUT2D eigenvalue weighted by molar-refractivity contribution is -0.113. The summed E-state index contributed by atoms with van der Waals surface area (Å²) in [6, 6.07) is 12.2. The molecule has 0 bridgehead atoms. The molecule has 1 aliphatic heterocycles. The van der Waals surface area contributed by atoms with Gasteiger partial charge in [0.15, 0.2) is 0 Å². The van der Waals surface area contributed by atoms with Crippen molar-refractivity contribution < 1.29 is 9.59 Å². The molecule has 8 heteroatoms. The van der Waals surface area contributed by atoms with Crippen LogP contribution in [0.2, 0.25) is 0 Å². The molecule has 1 aromatic heterocycles. The number of pyridine rings is 1. The Morgan fingerprint density at radius 3 is 2.50 bits per heavy atom. The topological polar surface area (TPSA) is 74.3 Å². The summed E-state index contributed by atoms with van der Waals surface area (Å²) >= 11 is 6.82. The zero-order valence-electron chi connectivity index (χ0n) is 15.4. The smallest absolute Gasteiger partial charge is 0.274 e. The van der Waals surface area contributed by atoms with Gasteiger partial charge in [0.2, 0.25) is 5.91 Å². The summed E-state index contributed by atoms with van der Waals surface area (Å²) in [4.78, 5) is 30.6. The van der Waals surface area contributed by atoms with Crippen molar-refractivity contribution in [2.75, 3.05) is 29.5 Å². The van der Waals surface area contributed by atoms with E-state index in [9.17, 15) is 9.59 Å². The molecule has 3 rings (SSSR count). The summed E-state index contributed by atoms with van der Waals surface area (Å²) in [5.74, 6) is -0.163. The van der Waals surface area contributed by atoms with Crippen LogP contribution in [0.15, 0.2) is 48.7 Å². The number of amides is 2. The monoisotopic (exact) mass is 414 g/mol. The number of carbonyl (C=O) groups is 2. The van der Waals surface area contributed by atoms with Crippen LogP contribution in [0.25, 0.3) is 0 Å². The summed E-state index contributed by atoms with van der Waals surface area (Å²) in [6.45, 7) is 1.96. The number of hydrogen-bond donors (Lipinski definition) is 2. The summed E-state index contributed by atoms with van der Waals surface area (Å²) in [5.41, 5.74) is 1.54. The molecule has 0 radical (unpaired) electrons. The zero-order valence-corrected chi connectivity index (χ0v) is 17.0. The SMILES string of the molecule is O=C(CSC(=S)N1CCCCC1)Nc1cccc(NC(=O)c2ccccn2)c1. The van der Waals surface area contributed by atoms with Gasteiger partial charge in [0.25, 0.3) is 5.91 Å². The molecule has 0 unspecified atom stereocenters. The molecule has 28 heavy (non-hydrogen) atoms. The Morgan fingerprint density at radius 1 is 1.04 bits per heavy atom. The number of benzene rings is 1. The van der Waals surface area contributed by atoms with Crippen molar-refractivity contribution in [1.29, 1.82) is 0 Å². The van der Waals surface area contributed by atoms with Crippen molar-refractivity contribution in [2.45, 2.75) is 19.3 Å². The number of aromatic nitrogens is 1. The summed E-state index contributed by atoms with van der Waals surface area (Å²) < 4.78 is 0.784. The van der Waals surface area contributed by atoms with E-state index in [1.54, 1.807) is 48.7 Å². The van der Waals surface area contributed by atoms with Gasteiger partial charge < -0.3 is 15.5 Å². The maximum absolute atomic E-state index is 12.2. The fourth-order valence-electron chi connectivity index (χ4n) is 2.86. The lowest BCUT2D eigenvalue weighted by Gasteiger charge is -2.28. The van der Waals surface area contributed by atoms with Crippen LogP contribution in [0.5, 0.6) is 0 Å². The number of carbonyl (C=O) groups excluding carboxylic acids is 2. The number of piperidine rings is 1. The number of anilines is 2. The lowest BCUT2D eigenvalue weighted by Crippen LogP contribution is -2.33. The van der Waals surface area contributed by atoms with E-state index in [1.165, 1.54) is 18.2 Å². The van der Waals surface area contributed by atoms with E-state index in [0.717, 1.165) is 30.3 Å². The number of hydrogen-bond acceptors (Lipinski definition) is 5. The highest BCUT2D eigenvalue weighted by molar-refractivity contribution is 8.23. The molecule has 146 valence electrons. The van der Waals surface area contributed by atoms with Crippen molar-refractivity contribution in [3.05, 3.63) is 54.4 Å². The first-order chi connectivity index (χ1) is 13.6. The Hall–Kier alpha value is -2.45. The third kappa shape index (κ3) is 6.03.